The maximum atomic E-state index is 13.7. The topological polar surface area (TPSA) is 54.9 Å². The number of hydrogen-bond donors (Lipinski definition) is 1. The molecule has 100 valence electrons. The van der Waals surface area contributed by atoms with Gasteiger partial charge in [-0.05, 0) is 18.2 Å². The number of carbonyl (C=O) groups excluding carboxylic acids is 1. The normalized spacial score (nSPS) is 10.7. The average Bonchev–Trinajstić information content (AvgIpc) is 2.79. The Labute approximate surface area is 122 Å². The number of aromatic nitrogens is 2. The predicted molar refractivity (Wildman–Crippen MR) is 76.8 cm³/mol. The quantitative estimate of drug-likeness (QED) is 0.784. The van der Waals surface area contributed by atoms with E-state index in [1.165, 1.54) is 18.5 Å². The van der Waals surface area contributed by atoms with E-state index in [1.807, 2.05) is 0 Å². The van der Waals surface area contributed by atoms with Crippen LogP contribution in [0.3, 0.4) is 0 Å². The zero-order valence-corrected chi connectivity index (χ0v) is 11.5. The first-order chi connectivity index (χ1) is 9.66. The second kappa shape index (κ2) is 5.15. The number of thiophene rings is 1. The summed E-state index contributed by atoms with van der Waals surface area (Å²) in [5.74, 6) is -0.730. The van der Waals surface area contributed by atoms with Gasteiger partial charge in [-0.25, -0.2) is 14.4 Å². The number of amides is 1. The fraction of sp³-hybridized carbons (Fsp3) is 0. The monoisotopic (exact) mass is 307 g/mol. The molecule has 0 atom stereocenters. The van der Waals surface area contributed by atoms with Gasteiger partial charge >= 0.3 is 0 Å². The summed E-state index contributed by atoms with van der Waals surface area (Å²) in [4.78, 5) is 20.1. The van der Waals surface area contributed by atoms with Gasteiger partial charge in [-0.15, -0.1) is 11.3 Å². The Balaban J connectivity index is 2.00. The second-order valence-corrected chi connectivity index (χ2v) is 5.31. The van der Waals surface area contributed by atoms with E-state index >= 15 is 0 Å². The molecule has 0 aliphatic carbocycles. The third-order valence-corrected chi connectivity index (χ3v) is 4.25. The van der Waals surface area contributed by atoms with Crippen molar-refractivity contribution >= 4 is 44.9 Å². The van der Waals surface area contributed by atoms with Crippen molar-refractivity contribution in [3.63, 3.8) is 0 Å². The molecule has 0 unspecified atom stereocenters. The molecular weight excluding hydrogens is 301 g/mol. The number of benzene rings is 1. The molecule has 0 saturated carbocycles. The third-order valence-electron chi connectivity index (χ3n) is 2.60. The molecule has 1 amide bonds. The molecular formula is C13H7ClFN3OS. The Morgan fingerprint density at radius 1 is 1.25 bits per heavy atom. The minimum atomic E-state index is -0.457. The van der Waals surface area contributed by atoms with Gasteiger partial charge in [0.15, 0.2) is 0 Å². The van der Waals surface area contributed by atoms with Gasteiger partial charge in [0.1, 0.15) is 10.7 Å². The fourth-order valence-electron chi connectivity index (χ4n) is 1.74. The fourth-order valence-corrected chi connectivity index (χ4v) is 3.19. The Kier molecular flexibility index (Phi) is 3.33. The minimum absolute atomic E-state index is 0.108. The third kappa shape index (κ3) is 2.23. The van der Waals surface area contributed by atoms with Crippen molar-refractivity contribution < 1.29 is 9.18 Å². The van der Waals surface area contributed by atoms with Gasteiger partial charge in [-0.3, -0.25) is 10.1 Å². The van der Waals surface area contributed by atoms with Crippen LogP contribution in [-0.4, -0.2) is 15.9 Å². The van der Waals surface area contributed by atoms with Crippen molar-refractivity contribution in [2.45, 2.75) is 0 Å². The Morgan fingerprint density at radius 3 is 2.70 bits per heavy atom. The number of nitrogens with one attached hydrogen (secondary N) is 1. The lowest BCUT2D eigenvalue weighted by molar-refractivity contribution is 0.103. The molecule has 0 saturated heterocycles. The smallest absolute Gasteiger partial charge is 0.269 e. The second-order valence-electron chi connectivity index (χ2n) is 3.88. The van der Waals surface area contributed by atoms with Crippen LogP contribution in [0.1, 0.15) is 9.67 Å². The summed E-state index contributed by atoms with van der Waals surface area (Å²) in [6.45, 7) is 0. The van der Waals surface area contributed by atoms with E-state index in [4.69, 9.17) is 11.6 Å². The van der Waals surface area contributed by atoms with E-state index in [2.05, 4.69) is 15.3 Å². The van der Waals surface area contributed by atoms with Crippen LogP contribution in [0.4, 0.5) is 10.3 Å². The van der Waals surface area contributed by atoms with E-state index in [0.29, 0.717) is 4.70 Å². The summed E-state index contributed by atoms with van der Waals surface area (Å²) in [6.07, 6.45) is 3.02. The number of rotatable bonds is 2. The van der Waals surface area contributed by atoms with Crippen LogP contribution in [0.5, 0.6) is 0 Å². The summed E-state index contributed by atoms with van der Waals surface area (Å²) in [5, 5.41) is 2.89. The summed E-state index contributed by atoms with van der Waals surface area (Å²) < 4.78 is 14.3. The lowest BCUT2D eigenvalue weighted by atomic mass is 10.2. The first-order valence-electron chi connectivity index (χ1n) is 5.61. The van der Waals surface area contributed by atoms with Gasteiger partial charge in [0.2, 0.25) is 5.95 Å². The van der Waals surface area contributed by atoms with Crippen molar-refractivity contribution in [2.24, 2.45) is 0 Å². The van der Waals surface area contributed by atoms with Crippen molar-refractivity contribution in [3.8, 4) is 0 Å². The molecule has 2 heterocycles. The minimum Gasteiger partial charge on any atom is -0.290 e. The molecule has 1 N–H and O–H groups in total. The van der Waals surface area contributed by atoms with Crippen molar-refractivity contribution in [1.82, 2.24) is 9.97 Å². The van der Waals surface area contributed by atoms with Crippen LogP contribution in [0.15, 0.2) is 36.7 Å². The molecule has 7 heteroatoms. The van der Waals surface area contributed by atoms with Crippen molar-refractivity contribution in [1.29, 1.82) is 0 Å². The zero-order valence-electron chi connectivity index (χ0n) is 9.93. The van der Waals surface area contributed by atoms with E-state index in [-0.39, 0.29) is 21.2 Å². The predicted octanol–water partition coefficient (Wildman–Crippen LogP) is 3.74. The highest BCUT2D eigenvalue weighted by molar-refractivity contribution is 7.21. The number of halogens is 2. The highest BCUT2D eigenvalue weighted by Gasteiger charge is 2.19. The summed E-state index contributed by atoms with van der Waals surface area (Å²) >= 11 is 7.22. The Bertz CT molecular complexity index is 791. The molecule has 20 heavy (non-hydrogen) atoms. The molecule has 4 nitrogen and oxygen atoms in total. The zero-order chi connectivity index (χ0) is 14.1. The SMILES string of the molecule is O=C(Nc1ncccn1)c1sc2cccc(F)c2c1Cl. The number of anilines is 1. The van der Waals surface area contributed by atoms with Gasteiger partial charge in [0, 0.05) is 22.5 Å². The number of nitrogens with zero attached hydrogens (tertiary/aromatic N) is 2. The van der Waals surface area contributed by atoms with Crippen LogP contribution in [0, 0.1) is 5.82 Å². The number of carbonyl (C=O) groups is 1. The molecule has 3 aromatic rings. The molecule has 0 fully saturated rings. The van der Waals surface area contributed by atoms with Crippen LogP contribution >= 0.6 is 22.9 Å². The van der Waals surface area contributed by atoms with Crippen molar-refractivity contribution in [3.05, 3.63) is 52.4 Å². The first-order valence-corrected chi connectivity index (χ1v) is 6.81. The molecule has 0 bridgehead atoms. The number of fused-ring (bicyclic) bond motifs is 1. The van der Waals surface area contributed by atoms with E-state index in [1.54, 1.807) is 18.2 Å². The Hall–Kier alpha value is -2.05. The molecule has 0 spiro atoms. The van der Waals surface area contributed by atoms with E-state index < -0.39 is 11.7 Å². The lowest BCUT2D eigenvalue weighted by Crippen LogP contribution is -2.12. The molecule has 0 radical (unpaired) electrons. The summed E-state index contributed by atoms with van der Waals surface area (Å²) in [6, 6.07) is 6.23. The van der Waals surface area contributed by atoms with Gasteiger partial charge in [0.25, 0.3) is 5.91 Å². The Morgan fingerprint density at radius 2 is 2.00 bits per heavy atom. The van der Waals surface area contributed by atoms with Gasteiger partial charge < -0.3 is 0 Å². The lowest BCUT2D eigenvalue weighted by Gasteiger charge is -2.00. The largest absolute Gasteiger partial charge is 0.290 e. The molecule has 1 aromatic carbocycles. The highest BCUT2D eigenvalue weighted by atomic mass is 35.5. The molecule has 0 aliphatic heterocycles. The van der Waals surface area contributed by atoms with E-state index in [0.717, 1.165) is 11.3 Å². The van der Waals surface area contributed by atoms with Gasteiger partial charge in [-0.1, -0.05) is 17.7 Å². The van der Waals surface area contributed by atoms with Crippen LogP contribution < -0.4 is 5.32 Å². The maximum Gasteiger partial charge on any atom is 0.269 e. The van der Waals surface area contributed by atoms with Crippen LogP contribution in [-0.2, 0) is 0 Å². The van der Waals surface area contributed by atoms with Gasteiger partial charge in [-0.2, -0.15) is 0 Å². The van der Waals surface area contributed by atoms with Crippen LogP contribution in [0.2, 0.25) is 5.02 Å². The standard InChI is InChI=1S/C13H7ClFN3OS/c14-10-9-7(15)3-1-4-8(9)20-11(10)12(19)18-13-16-5-2-6-17-13/h1-6H,(H,16,17,18,19). The summed E-state index contributed by atoms with van der Waals surface area (Å²) in [5.41, 5.74) is 0. The van der Waals surface area contributed by atoms with E-state index in [9.17, 15) is 9.18 Å². The highest BCUT2D eigenvalue weighted by Crippen LogP contribution is 2.37. The van der Waals surface area contributed by atoms with Gasteiger partial charge in [0.05, 0.1) is 5.02 Å². The maximum absolute atomic E-state index is 13.7. The molecule has 3 rings (SSSR count). The summed E-state index contributed by atoms with van der Waals surface area (Å²) in [7, 11) is 0. The first kappa shape index (κ1) is 13.0. The van der Waals surface area contributed by atoms with Crippen molar-refractivity contribution in [2.75, 3.05) is 5.32 Å². The van der Waals surface area contributed by atoms with Crippen LogP contribution in [0.25, 0.3) is 10.1 Å². The molecule has 2 aromatic heterocycles. The average molecular weight is 308 g/mol. The molecule has 0 aliphatic rings. The number of hydrogen-bond acceptors (Lipinski definition) is 4.